The molecular weight excluding hydrogens is 1310 g/mol. The zero-order chi connectivity index (χ0) is 73.5. The molecule has 0 rings (SSSR count). The molecule has 0 aromatic heterocycles. The number of carbonyl (C=O) groups excluding carboxylic acids is 4. The van der Waals surface area contributed by atoms with Crippen LogP contribution in [-0.2, 0) is 65.4 Å². The molecule has 0 aliphatic heterocycles. The highest BCUT2D eigenvalue weighted by Gasteiger charge is 2.30. The van der Waals surface area contributed by atoms with E-state index in [2.05, 4.69) is 41.5 Å². The van der Waals surface area contributed by atoms with Crippen molar-refractivity contribution >= 4 is 39.5 Å². The van der Waals surface area contributed by atoms with Gasteiger partial charge in [0, 0.05) is 25.7 Å². The first-order chi connectivity index (χ1) is 48.4. The first-order valence-electron chi connectivity index (χ1n) is 42.0. The Hall–Kier alpha value is -1.94. The third-order valence-corrected chi connectivity index (χ3v) is 21.2. The lowest BCUT2D eigenvalue weighted by Gasteiger charge is -2.21. The summed E-state index contributed by atoms with van der Waals surface area (Å²) in [6.07, 6.45) is 62.7. The van der Waals surface area contributed by atoms with Crippen LogP contribution in [0.25, 0.3) is 0 Å². The third-order valence-electron chi connectivity index (χ3n) is 19.3. The molecule has 6 atom stereocenters. The SMILES string of the molecule is CCCCCCCCCCCCCCCCCCCCC(=O)OC[C@H](COP(=O)(O)OC[C@@H](O)COP(=O)(O)OC[C@@H](COC(=O)CCCCCCCCC)OC(=O)CCCCCCCCCCCCC(C)C)OC(=O)CCCCCCCCCCCCCCCCCCCCC(C)CC. The van der Waals surface area contributed by atoms with Crippen molar-refractivity contribution in [2.24, 2.45) is 11.8 Å². The molecule has 0 bridgehead atoms. The van der Waals surface area contributed by atoms with E-state index in [4.69, 9.17) is 37.0 Å². The molecule has 17 nitrogen and oxygen atoms in total. The first-order valence-corrected chi connectivity index (χ1v) is 45.0. The molecule has 100 heavy (non-hydrogen) atoms. The number of aliphatic hydroxyl groups is 1. The van der Waals surface area contributed by atoms with Crippen LogP contribution in [0.4, 0.5) is 0 Å². The van der Waals surface area contributed by atoms with E-state index in [9.17, 15) is 43.2 Å². The van der Waals surface area contributed by atoms with Gasteiger partial charge in [0.15, 0.2) is 12.2 Å². The highest BCUT2D eigenvalue weighted by Crippen LogP contribution is 2.45. The fourth-order valence-electron chi connectivity index (χ4n) is 12.5. The Bertz CT molecular complexity index is 1930. The van der Waals surface area contributed by atoms with Gasteiger partial charge in [0.2, 0.25) is 0 Å². The minimum atomic E-state index is -4.96. The van der Waals surface area contributed by atoms with Crippen LogP contribution >= 0.6 is 15.6 Å². The maximum atomic E-state index is 13.1. The molecule has 0 aromatic rings. The number of unbranched alkanes of at least 4 members (excludes halogenated alkanes) is 49. The van der Waals surface area contributed by atoms with Crippen molar-refractivity contribution in [1.29, 1.82) is 0 Å². The van der Waals surface area contributed by atoms with Crippen LogP contribution < -0.4 is 0 Å². The second-order valence-corrected chi connectivity index (χ2v) is 32.8. The van der Waals surface area contributed by atoms with Crippen LogP contribution in [-0.4, -0.2) is 96.7 Å². The van der Waals surface area contributed by atoms with Crippen molar-refractivity contribution in [1.82, 2.24) is 0 Å². The molecule has 0 saturated carbocycles. The molecule has 0 fully saturated rings. The topological polar surface area (TPSA) is 237 Å². The molecule has 0 aliphatic carbocycles. The van der Waals surface area contributed by atoms with Crippen LogP contribution in [0.1, 0.15) is 427 Å². The lowest BCUT2D eigenvalue weighted by atomic mass is 9.99. The van der Waals surface area contributed by atoms with Crippen LogP contribution in [0, 0.1) is 11.8 Å². The maximum absolute atomic E-state index is 13.1. The summed E-state index contributed by atoms with van der Waals surface area (Å²) in [5.41, 5.74) is 0. The van der Waals surface area contributed by atoms with Gasteiger partial charge < -0.3 is 33.8 Å². The minimum absolute atomic E-state index is 0.106. The van der Waals surface area contributed by atoms with E-state index in [-0.39, 0.29) is 25.7 Å². The lowest BCUT2D eigenvalue weighted by molar-refractivity contribution is -0.161. The summed E-state index contributed by atoms with van der Waals surface area (Å²) in [7, 11) is -9.91. The van der Waals surface area contributed by atoms with Crippen LogP contribution in [0.2, 0.25) is 0 Å². The molecule has 0 heterocycles. The van der Waals surface area contributed by atoms with E-state index in [1.165, 1.54) is 231 Å². The van der Waals surface area contributed by atoms with Crippen molar-refractivity contribution in [2.75, 3.05) is 39.6 Å². The standard InChI is InChI=1S/C81H158O17P2/c1-7-10-12-14-16-17-18-19-20-21-25-28-31-34-40-46-52-58-64-79(84)92-70-77(98-80(85)65-59-53-47-41-35-32-29-26-23-22-24-27-30-33-39-45-50-56-62-74(6)9-3)72-96-100(89,90)94-68-75(82)67-93-99(87,88)95-71-76(69-91-78(83)63-57-51-43-15-13-11-8-2)97-81(86)66-60-54-48-42-37-36-38-44-49-55-61-73(4)5/h73-77,82H,7-72H2,1-6H3,(H,87,88)(H,89,90)/t74?,75-,76+,77+/m0/s1. The van der Waals surface area contributed by atoms with Gasteiger partial charge in [-0.15, -0.1) is 0 Å². The van der Waals surface area contributed by atoms with E-state index in [0.717, 1.165) is 115 Å². The molecule has 0 aromatic carbocycles. The largest absolute Gasteiger partial charge is 0.472 e. The van der Waals surface area contributed by atoms with Crippen molar-refractivity contribution in [3.63, 3.8) is 0 Å². The van der Waals surface area contributed by atoms with Gasteiger partial charge in [-0.2, -0.15) is 0 Å². The van der Waals surface area contributed by atoms with Gasteiger partial charge >= 0.3 is 39.5 Å². The van der Waals surface area contributed by atoms with E-state index in [0.29, 0.717) is 25.7 Å². The molecule has 3 unspecified atom stereocenters. The summed E-state index contributed by atoms with van der Waals surface area (Å²) >= 11 is 0. The Morgan fingerprint density at radius 3 is 0.760 bits per heavy atom. The predicted molar refractivity (Wildman–Crippen MR) is 409 cm³/mol. The monoisotopic (exact) mass is 1470 g/mol. The number of phosphoric acid groups is 2. The summed E-state index contributed by atoms with van der Waals surface area (Å²) in [6, 6.07) is 0. The molecule has 0 spiro atoms. The maximum Gasteiger partial charge on any atom is 0.472 e. The van der Waals surface area contributed by atoms with Gasteiger partial charge in [0.25, 0.3) is 0 Å². The summed E-state index contributed by atoms with van der Waals surface area (Å²) in [4.78, 5) is 72.8. The van der Waals surface area contributed by atoms with Crippen molar-refractivity contribution in [3.05, 3.63) is 0 Å². The second kappa shape index (κ2) is 72.6. The molecule has 0 aliphatic rings. The number of ether oxygens (including phenoxy) is 4. The summed E-state index contributed by atoms with van der Waals surface area (Å²) in [5.74, 6) is -0.491. The normalized spacial score (nSPS) is 14.2. The van der Waals surface area contributed by atoms with Gasteiger partial charge in [-0.1, -0.05) is 375 Å². The Balaban J connectivity index is 5.16. The Morgan fingerprint density at radius 1 is 0.290 bits per heavy atom. The Morgan fingerprint density at radius 2 is 0.510 bits per heavy atom. The third kappa shape index (κ3) is 73.0. The van der Waals surface area contributed by atoms with E-state index >= 15 is 0 Å². The minimum Gasteiger partial charge on any atom is -0.462 e. The first kappa shape index (κ1) is 98.1. The highest BCUT2D eigenvalue weighted by atomic mass is 31.2. The van der Waals surface area contributed by atoms with Gasteiger partial charge in [-0.25, -0.2) is 9.13 Å². The molecule has 3 N–H and O–H groups in total. The number of carbonyl (C=O) groups is 4. The van der Waals surface area contributed by atoms with E-state index in [1.807, 2.05) is 0 Å². The number of aliphatic hydroxyl groups excluding tert-OH is 1. The van der Waals surface area contributed by atoms with Gasteiger partial charge in [0.1, 0.15) is 19.3 Å². The quantitative estimate of drug-likeness (QED) is 0.0222. The zero-order valence-electron chi connectivity index (χ0n) is 65.5. The van der Waals surface area contributed by atoms with Crippen molar-refractivity contribution < 1.29 is 80.2 Å². The second-order valence-electron chi connectivity index (χ2n) is 29.9. The van der Waals surface area contributed by atoms with Crippen molar-refractivity contribution in [3.8, 4) is 0 Å². The van der Waals surface area contributed by atoms with Crippen molar-refractivity contribution in [2.45, 2.75) is 445 Å². The van der Waals surface area contributed by atoms with Crippen LogP contribution in [0.5, 0.6) is 0 Å². The van der Waals surface area contributed by atoms with Crippen LogP contribution in [0.3, 0.4) is 0 Å². The van der Waals surface area contributed by atoms with E-state index < -0.39 is 97.5 Å². The fraction of sp³-hybridized carbons (Fsp3) is 0.951. The van der Waals surface area contributed by atoms with Crippen LogP contribution in [0.15, 0.2) is 0 Å². The average molecular weight is 1470 g/mol. The summed E-state index contributed by atoms with van der Waals surface area (Å²) in [6.45, 7) is 9.64. The summed E-state index contributed by atoms with van der Waals surface area (Å²) in [5, 5.41) is 10.6. The van der Waals surface area contributed by atoms with Gasteiger partial charge in [-0.05, 0) is 37.5 Å². The number of phosphoric ester groups is 2. The summed E-state index contributed by atoms with van der Waals surface area (Å²) < 4.78 is 68.6. The van der Waals surface area contributed by atoms with Gasteiger partial charge in [0.05, 0.1) is 26.4 Å². The number of esters is 4. The molecule has 0 saturated heterocycles. The average Bonchev–Trinajstić information content (AvgIpc) is 0.936. The molecule has 594 valence electrons. The number of hydrogen-bond donors (Lipinski definition) is 3. The molecule has 19 heteroatoms. The molecular formula is C81H158O17P2. The lowest BCUT2D eigenvalue weighted by Crippen LogP contribution is -2.30. The molecule has 0 amide bonds. The fourth-order valence-corrected chi connectivity index (χ4v) is 14.1. The van der Waals surface area contributed by atoms with E-state index in [1.54, 1.807) is 0 Å². The zero-order valence-corrected chi connectivity index (χ0v) is 67.3. The smallest absolute Gasteiger partial charge is 0.462 e. The molecule has 0 radical (unpaired) electrons. The number of hydrogen-bond acceptors (Lipinski definition) is 15. The van der Waals surface area contributed by atoms with Gasteiger partial charge in [-0.3, -0.25) is 37.3 Å². The Labute approximate surface area is 613 Å². The number of rotatable bonds is 80. The highest BCUT2D eigenvalue weighted by molar-refractivity contribution is 7.47. The Kier molecular flexibility index (Phi) is 71.2. The predicted octanol–water partition coefficient (Wildman–Crippen LogP) is 24.3.